The second-order valence-corrected chi connectivity index (χ2v) is 8.01. The molecule has 134 valence electrons. The Hall–Kier alpha value is -2.22. The molecule has 8 heteroatoms. The molecule has 1 aromatic carbocycles. The van der Waals surface area contributed by atoms with E-state index in [1.54, 1.807) is 29.2 Å². The van der Waals surface area contributed by atoms with Crippen molar-refractivity contribution >= 4 is 15.7 Å². The van der Waals surface area contributed by atoms with Gasteiger partial charge in [-0.2, -0.15) is 0 Å². The molecule has 1 saturated heterocycles. The molecule has 1 aromatic heterocycles. The van der Waals surface area contributed by atoms with Crippen LogP contribution in [0.1, 0.15) is 32.6 Å². The largest absolute Gasteiger partial charge is 0.408 e. The number of hydrogen-bond acceptors (Lipinski definition) is 6. The van der Waals surface area contributed by atoms with E-state index in [4.69, 9.17) is 4.42 Å². The fourth-order valence-electron chi connectivity index (χ4n) is 3.09. The number of amides is 1. The molecule has 1 atom stereocenters. The average Bonchev–Trinajstić information content (AvgIpc) is 3.13. The quantitative estimate of drug-likeness (QED) is 0.809. The Morgan fingerprint density at radius 2 is 2.00 bits per heavy atom. The number of benzene rings is 1. The highest BCUT2D eigenvalue weighted by atomic mass is 32.2. The highest BCUT2D eigenvalue weighted by molar-refractivity contribution is 7.91. The molecule has 0 spiro atoms. The predicted molar refractivity (Wildman–Crippen MR) is 91.4 cm³/mol. The molecule has 3 rings (SSSR count). The van der Waals surface area contributed by atoms with Crippen molar-refractivity contribution < 1.29 is 17.6 Å². The molecule has 25 heavy (non-hydrogen) atoms. The van der Waals surface area contributed by atoms with Crippen LogP contribution in [0.15, 0.2) is 40.0 Å². The van der Waals surface area contributed by atoms with Crippen LogP contribution in [0.2, 0.25) is 0 Å². The molecule has 1 aliphatic heterocycles. The fraction of sp³-hybridized carbons (Fsp3) is 0.471. The van der Waals surface area contributed by atoms with Crippen LogP contribution in [0.3, 0.4) is 0 Å². The third-order valence-corrected chi connectivity index (χ3v) is 5.75. The molecule has 0 N–H and O–H groups in total. The summed E-state index contributed by atoms with van der Waals surface area (Å²) in [4.78, 5) is 14.2. The van der Waals surface area contributed by atoms with E-state index in [0.29, 0.717) is 12.1 Å². The van der Waals surface area contributed by atoms with Crippen LogP contribution in [0.4, 0.5) is 0 Å². The summed E-state index contributed by atoms with van der Waals surface area (Å²) < 4.78 is 30.3. The maximum atomic E-state index is 12.5. The van der Waals surface area contributed by atoms with Crippen molar-refractivity contribution in [3.63, 3.8) is 0 Å². The Bertz CT molecular complexity index is 833. The van der Waals surface area contributed by atoms with Gasteiger partial charge in [-0.25, -0.2) is 8.42 Å². The van der Waals surface area contributed by atoms with E-state index in [2.05, 4.69) is 10.2 Å². The van der Waals surface area contributed by atoms with E-state index >= 15 is 0 Å². The van der Waals surface area contributed by atoms with Crippen LogP contribution in [0.25, 0.3) is 11.5 Å². The van der Waals surface area contributed by atoms with Crippen LogP contribution in [-0.2, 0) is 14.6 Å². The molecule has 1 unspecified atom stereocenters. The average molecular weight is 363 g/mol. The molecule has 2 heterocycles. The highest BCUT2D eigenvalue weighted by Gasteiger charge is 2.32. The molecular weight excluding hydrogens is 342 g/mol. The van der Waals surface area contributed by atoms with E-state index < -0.39 is 26.7 Å². The number of likely N-dealkylation sites (tertiary alicyclic amines) is 1. The van der Waals surface area contributed by atoms with Crippen molar-refractivity contribution in [1.29, 1.82) is 0 Å². The van der Waals surface area contributed by atoms with Gasteiger partial charge in [0.2, 0.25) is 21.6 Å². The van der Waals surface area contributed by atoms with E-state index in [9.17, 15) is 13.2 Å². The molecule has 0 bridgehead atoms. The number of sulfone groups is 1. The number of aromatic nitrogens is 2. The monoisotopic (exact) mass is 363 g/mol. The summed E-state index contributed by atoms with van der Waals surface area (Å²) in [7, 11) is -3.96. The fourth-order valence-corrected chi connectivity index (χ4v) is 4.08. The Kier molecular flexibility index (Phi) is 5.17. The minimum Gasteiger partial charge on any atom is -0.408 e. The van der Waals surface area contributed by atoms with Gasteiger partial charge in [0.15, 0.2) is 0 Å². The zero-order chi connectivity index (χ0) is 17.9. The van der Waals surface area contributed by atoms with Gasteiger partial charge in [0.05, 0.1) is 0 Å². The lowest BCUT2D eigenvalue weighted by Gasteiger charge is -2.35. The van der Waals surface area contributed by atoms with Crippen LogP contribution in [0, 0.1) is 0 Å². The Morgan fingerprint density at radius 3 is 2.72 bits per heavy atom. The first-order chi connectivity index (χ1) is 12.0. The lowest BCUT2D eigenvalue weighted by Crippen LogP contribution is -2.45. The first kappa shape index (κ1) is 17.6. The van der Waals surface area contributed by atoms with Gasteiger partial charge < -0.3 is 9.32 Å². The minimum absolute atomic E-state index is 0.110. The predicted octanol–water partition coefficient (Wildman–Crippen LogP) is 2.30. The number of nitrogens with zero attached hydrogens (tertiary/aromatic N) is 3. The van der Waals surface area contributed by atoms with Crippen molar-refractivity contribution in [1.82, 2.24) is 15.1 Å². The first-order valence-corrected chi connectivity index (χ1v) is 10.1. The zero-order valence-corrected chi connectivity index (χ0v) is 14.9. The number of hydrogen-bond donors (Lipinski definition) is 0. The van der Waals surface area contributed by atoms with E-state index in [1.165, 1.54) is 0 Å². The van der Waals surface area contributed by atoms with Crippen molar-refractivity contribution in [3.05, 3.63) is 30.3 Å². The van der Waals surface area contributed by atoms with Gasteiger partial charge >= 0.3 is 5.22 Å². The third kappa shape index (κ3) is 3.89. The summed E-state index contributed by atoms with van der Waals surface area (Å²) in [5.41, 5.74) is 0.629. The highest BCUT2D eigenvalue weighted by Crippen LogP contribution is 2.22. The molecule has 1 amide bonds. The number of carbonyl (C=O) groups is 1. The van der Waals surface area contributed by atoms with Crippen LogP contribution >= 0.6 is 0 Å². The molecular formula is C17H21N3O4S. The topological polar surface area (TPSA) is 93.4 Å². The summed E-state index contributed by atoms with van der Waals surface area (Å²) in [6.07, 6.45) is 3.71. The number of piperidine rings is 1. The summed E-state index contributed by atoms with van der Waals surface area (Å²) in [5.74, 6) is -0.915. The van der Waals surface area contributed by atoms with Crippen molar-refractivity contribution in [2.45, 2.75) is 43.9 Å². The second kappa shape index (κ2) is 7.35. The molecule has 1 fully saturated rings. The van der Waals surface area contributed by atoms with Gasteiger partial charge in [0, 0.05) is 18.2 Å². The van der Waals surface area contributed by atoms with Gasteiger partial charge in [0.25, 0.3) is 0 Å². The maximum Gasteiger partial charge on any atom is 0.336 e. The lowest BCUT2D eigenvalue weighted by atomic mass is 10.0. The van der Waals surface area contributed by atoms with Crippen LogP contribution < -0.4 is 0 Å². The van der Waals surface area contributed by atoms with Gasteiger partial charge in [-0.1, -0.05) is 30.2 Å². The van der Waals surface area contributed by atoms with Gasteiger partial charge in [-0.05, 0) is 37.8 Å². The van der Waals surface area contributed by atoms with E-state index in [-0.39, 0.29) is 11.9 Å². The molecule has 2 aromatic rings. The first-order valence-electron chi connectivity index (χ1n) is 8.42. The van der Waals surface area contributed by atoms with E-state index in [0.717, 1.165) is 25.7 Å². The minimum atomic E-state index is -3.96. The smallest absolute Gasteiger partial charge is 0.336 e. The summed E-state index contributed by atoms with van der Waals surface area (Å²) >= 11 is 0. The molecule has 1 aliphatic rings. The third-order valence-electron chi connectivity index (χ3n) is 4.43. The summed E-state index contributed by atoms with van der Waals surface area (Å²) in [6.45, 7) is 2.61. The van der Waals surface area contributed by atoms with Crippen molar-refractivity contribution in [2.24, 2.45) is 0 Å². The summed E-state index contributed by atoms with van der Waals surface area (Å²) in [5, 5.41) is 6.90. The second-order valence-electron chi connectivity index (χ2n) is 6.14. The van der Waals surface area contributed by atoms with Gasteiger partial charge in [-0.3, -0.25) is 4.79 Å². The number of rotatable bonds is 5. The standard InChI is InChI=1S/C17H21N3O4S/c1-2-14-10-6-7-11-20(14)15(21)12-25(22,23)17-19-18-16(24-17)13-8-4-3-5-9-13/h3-5,8-9,14H,2,6-7,10-12H2,1H3. The van der Waals surface area contributed by atoms with Crippen molar-refractivity contribution in [3.8, 4) is 11.5 Å². The molecule has 0 saturated carbocycles. The Labute approximate surface area is 147 Å². The normalized spacial score (nSPS) is 18.3. The van der Waals surface area contributed by atoms with Gasteiger partial charge in [0.1, 0.15) is 5.75 Å². The molecule has 0 aliphatic carbocycles. The lowest BCUT2D eigenvalue weighted by molar-refractivity contribution is -0.132. The van der Waals surface area contributed by atoms with Gasteiger partial charge in [-0.15, -0.1) is 5.10 Å². The van der Waals surface area contributed by atoms with Crippen molar-refractivity contribution in [2.75, 3.05) is 12.3 Å². The summed E-state index contributed by atoms with van der Waals surface area (Å²) in [6, 6.07) is 9.01. The Balaban J connectivity index is 1.76. The molecule has 7 nitrogen and oxygen atoms in total. The molecule has 0 radical (unpaired) electrons. The van der Waals surface area contributed by atoms with E-state index in [1.807, 2.05) is 13.0 Å². The van der Waals surface area contributed by atoms with Crippen LogP contribution in [-0.4, -0.2) is 47.8 Å². The zero-order valence-electron chi connectivity index (χ0n) is 14.1. The SMILES string of the molecule is CCC1CCCCN1C(=O)CS(=O)(=O)c1nnc(-c2ccccc2)o1. The maximum absolute atomic E-state index is 12.5. The van der Waals surface area contributed by atoms with Crippen LogP contribution in [0.5, 0.6) is 0 Å². The number of carbonyl (C=O) groups excluding carboxylic acids is 1. The Morgan fingerprint density at radius 1 is 1.24 bits per heavy atom.